The number of ether oxygens (including phenoxy) is 2. The van der Waals surface area contributed by atoms with Crippen molar-refractivity contribution in [1.29, 1.82) is 0 Å². The highest BCUT2D eigenvalue weighted by molar-refractivity contribution is 6.32. The molecule has 1 fully saturated rings. The van der Waals surface area contributed by atoms with Crippen molar-refractivity contribution in [2.75, 3.05) is 31.1 Å². The van der Waals surface area contributed by atoms with Gasteiger partial charge in [0.15, 0.2) is 5.15 Å². The van der Waals surface area contributed by atoms with Gasteiger partial charge in [0, 0.05) is 26.2 Å². The van der Waals surface area contributed by atoms with Crippen molar-refractivity contribution >= 4 is 23.4 Å². The summed E-state index contributed by atoms with van der Waals surface area (Å²) in [7, 11) is 0. The van der Waals surface area contributed by atoms with Gasteiger partial charge in [0.05, 0.1) is 17.6 Å². The highest BCUT2D eigenvalue weighted by atomic mass is 35.5. The first-order valence-electron chi connectivity index (χ1n) is 9.25. The number of aromatic nitrogens is 2. The monoisotopic (exact) mass is 446 g/mol. The van der Waals surface area contributed by atoms with Gasteiger partial charge in [-0.15, -0.1) is 13.2 Å². The van der Waals surface area contributed by atoms with E-state index in [0.717, 1.165) is 0 Å². The Kier molecular flexibility index (Phi) is 6.07. The van der Waals surface area contributed by atoms with Crippen LogP contribution in [-0.2, 0) is 4.74 Å². The molecule has 0 saturated carbocycles. The quantitative estimate of drug-likeness (QED) is 0.695. The van der Waals surface area contributed by atoms with Crippen LogP contribution in [0.5, 0.6) is 5.75 Å². The zero-order valence-electron chi connectivity index (χ0n) is 16.7. The summed E-state index contributed by atoms with van der Waals surface area (Å²) in [6.07, 6.45) is -3.52. The summed E-state index contributed by atoms with van der Waals surface area (Å²) in [4.78, 5) is 15.8. The lowest BCUT2D eigenvalue weighted by molar-refractivity contribution is -0.274. The molecular formula is C19H22ClF3N4O3. The van der Waals surface area contributed by atoms with E-state index in [-0.39, 0.29) is 11.8 Å². The number of carbonyl (C=O) groups is 1. The minimum atomic E-state index is -4.75. The molecule has 1 aliphatic heterocycles. The molecule has 1 aromatic heterocycles. The first kappa shape index (κ1) is 22.1. The van der Waals surface area contributed by atoms with Crippen LogP contribution in [0, 0.1) is 0 Å². The molecule has 30 heavy (non-hydrogen) atoms. The van der Waals surface area contributed by atoms with Gasteiger partial charge in [-0.1, -0.05) is 11.6 Å². The van der Waals surface area contributed by atoms with Crippen molar-refractivity contribution in [2.45, 2.75) is 32.7 Å². The number of rotatable bonds is 3. The highest BCUT2D eigenvalue weighted by Crippen LogP contribution is 2.30. The van der Waals surface area contributed by atoms with E-state index < -0.39 is 12.0 Å². The van der Waals surface area contributed by atoms with Crippen molar-refractivity contribution < 1.29 is 27.4 Å². The van der Waals surface area contributed by atoms with Gasteiger partial charge in [0.1, 0.15) is 11.4 Å². The Morgan fingerprint density at radius 2 is 1.67 bits per heavy atom. The molecule has 0 atom stereocenters. The van der Waals surface area contributed by atoms with E-state index in [1.807, 2.05) is 25.7 Å². The standard InChI is InChI=1S/C19H22ClF3N4O3/c1-18(2,3)30-17(28)26-10-8-25(9-11-26)15-12-24-27(16(15)20)13-4-6-14(7-5-13)29-19(21,22)23/h4-7,12H,8-11H2,1-3H3. The summed E-state index contributed by atoms with van der Waals surface area (Å²) in [5.41, 5.74) is 0.614. The number of benzene rings is 1. The van der Waals surface area contributed by atoms with Gasteiger partial charge < -0.3 is 19.3 Å². The van der Waals surface area contributed by atoms with Crippen LogP contribution in [0.4, 0.5) is 23.7 Å². The van der Waals surface area contributed by atoms with E-state index in [4.69, 9.17) is 16.3 Å². The van der Waals surface area contributed by atoms with Crippen LogP contribution in [0.2, 0.25) is 5.15 Å². The lowest BCUT2D eigenvalue weighted by Gasteiger charge is -2.36. The van der Waals surface area contributed by atoms with Crippen LogP contribution in [0.3, 0.4) is 0 Å². The van der Waals surface area contributed by atoms with Crippen molar-refractivity contribution in [3.05, 3.63) is 35.6 Å². The molecule has 1 aromatic carbocycles. The third kappa shape index (κ3) is 5.50. The van der Waals surface area contributed by atoms with Crippen molar-refractivity contribution in [1.82, 2.24) is 14.7 Å². The summed E-state index contributed by atoms with van der Waals surface area (Å²) in [5, 5.41) is 4.57. The van der Waals surface area contributed by atoms with Crippen LogP contribution >= 0.6 is 11.6 Å². The lowest BCUT2D eigenvalue weighted by atomic mass is 10.2. The topological polar surface area (TPSA) is 59.8 Å². The average Bonchev–Trinajstić information content (AvgIpc) is 3.01. The molecule has 7 nitrogen and oxygen atoms in total. The molecule has 2 aromatic rings. The molecule has 3 rings (SSSR count). The van der Waals surface area contributed by atoms with Gasteiger partial charge >= 0.3 is 12.5 Å². The van der Waals surface area contributed by atoms with Gasteiger partial charge in [-0.2, -0.15) is 5.10 Å². The Balaban J connectivity index is 1.66. The number of anilines is 1. The van der Waals surface area contributed by atoms with Gasteiger partial charge in [-0.3, -0.25) is 0 Å². The van der Waals surface area contributed by atoms with Crippen LogP contribution in [0.25, 0.3) is 5.69 Å². The fourth-order valence-corrected chi connectivity index (χ4v) is 3.27. The first-order chi connectivity index (χ1) is 13.9. The summed E-state index contributed by atoms with van der Waals surface area (Å²) in [5.74, 6) is -0.326. The van der Waals surface area contributed by atoms with E-state index in [1.54, 1.807) is 11.1 Å². The van der Waals surface area contributed by atoms with Gasteiger partial charge in [0.2, 0.25) is 0 Å². The van der Waals surface area contributed by atoms with Crippen molar-refractivity contribution in [3.63, 3.8) is 0 Å². The van der Waals surface area contributed by atoms with Gasteiger partial charge in [-0.25, -0.2) is 9.48 Å². The van der Waals surface area contributed by atoms with Crippen molar-refractivity contribution in [2.24, 2.45) is 0 Å². The summed E-state index contributed by atoms with van der Waals surface area (Å²) in [6.45, 7) is 7.48. The van der Waals surface area contributed by atoms with E-state index in [2.05, 4.69) is 9.84 Å². The number of halogens is 4. The molecular weight excluding hydrogens is 425 g/mol. The molecule has 164 valence electrons. The maximum Gasteiger partial charge on any atom is 0.573 e. The molecule has 2 heterocycles. The summed E-state index contributed by atoms with van der Waals surface area (Å²) < 4.78 is 47.6. The van der Waals surface area contributed by atoms with E-state index >= 15 is 0 Å². The van der Waals surface area contributed by atoms with Gasteiger partial charge in [0.25, 0.3) is 0 Å². The van der Waals surface area contributed by atoms with E-state index in [9.17, 15) is 18.0 Å². The first-order valence-corrected chi connectivity index (χ1v) is 9.63. The molecule has 11 heteroatoms. The SMILES string of the molecule is CC(C)(C)OC(=O)N1CCN(c2cnn(-c3ccc(OC(F)(F)F)cc3)c2Cl)CC1. The average molecular weight is 447 g/mol. The lowest BCUT2D eigenvalue weighted by Crippen LogP contribution is -2.50. The number of piperazine rings is 1. The molecule has 0 aliphatic carbocycles. The highest BCUT2D eigenvalue weighted by Gasteiger charge is 2.31. The second-order valence-electron chi connectivity index (χ2n) is 7.73. The van der Waals surface area contributed by atoms with E-state index in [1.165, 1.54) is 28.9 Å². The molecule has 1 aliphatic rings. The fraction of sp³-hybridized carbons (Fsp3) is 0.474. The summed E-state index contributed by atoms with van der Waals surface area (Å²) >= 11 is 6.47. The number of amides is 1. The normalized spacial score (nSPS) is 15.3. The maximum atomic E-state index is 12.3. The fourth-order valence-electron chi connectivity index (χ4n) is 2.96. The zero-order chi connectivity index (χ0) is 22.1. The van der Waals surface area contributed by atoms with E-state index in [0.29, 0.717) is 42.7 Å². The maximum absolute atomic E-state index is 12.3. The molecule has 1 saturated heterocycles. The minimum absolute atomic E-state index is 0.324. The predicted octanol–water partition coefficient (Wildman–Crippen LogP) is 4.48. The predicted molar refractivity (Wildman–Crippen MR) is 105 cm³/mol. The molecule has 0 radical (unpaired) electrons. The number of alkyl halides is 3. The second-order valence-corrected chi connectivity index (χ2v) is 8.09. The largest absolute Gasteiger partial charge is 0.573 e. The number of nitrogens with zero attached hydrogens (tertiary/aromatic N) is 4. The molecule has 1 amide bonds. The Labute approximate surface area is 176 Å². The number of hydrogen-bond acceptors (Lipinski definition) is 5. The molecule has 0 unspecified atom stereocenters. The van der Waals surface area contributed by atoms with Gasteiger partial charge in [-0.05, 0) is 45.0 Å². The second kappa shape index (κ2) is 8.25. The third-order valence-corrected chi connectivity index (χ3v) is 4.63. The zero-order valence-corrected chi connectivity index (χ0v) is 17.5. The Morgan fingerprint density at radius 1 is 1.07 bits per heavy atom. The summed E-state index contributed by atoms with van der Waals surface area (Å²) in [6, 6.07) is 5.26. The Morgan fingerprint density at radius 3 is 2.20 bits per heavy atom. The Bertz CT molecular complexity index is 886. The van der Waals surface area contributed by atoms with Crippen LogP contribution in [0.1, 0.15) is 20.8 Å². The minimum Gasteiger partial charge on any atom is -0.444 e. The molecule has 0 N–H and O–H groups in total. The number of hydrogen-bond donors (Lipinski definition) is 0. The third-order valence-electron chi connectivity index (χ3n) is 4.28. The Hall–Kier alpha value is -2.62. The van der Waals surface area contributed by atoms with Crippen LogP contribution in [0.15, 0.2) is 30.5 Å². The van der Waals surface area contributed by atoms with Crippen LogP contribution in [-0.4, -0.2) is 58.9 Å². The number of carbonyl (C=O) groups excluding carboxylic acids is 1. The van der Waals surface area contributed by atoms with Crippen LogP contribution < -0.4 is 9.64 Å². The molecule has 0 spiro atoms. The smallest absolute Gasteiger partial charge is 0.444 e. The van der Waals surface area contributed by atoms with Crippen molar-refractivity contribution in [3.8, 4) is 11.4 Å². The molecule has 0 bridgehead atoms.